The van der Waals surface area contributed by atoms with Gasteiger partial charge >= 0.3 is 0 Å². The fraction of sp³-hybridized carbons (Fsp3) is 0.400. The van der Waals surface area contributed by atoms with Crippen LogP contribution in [-0.2, 0) is 11.3 Å². The molecular weight excluding hydrogens is 240 g/mol. The topological polar surface area (TPSA) is 47.3 Å². The van der Waals surface area contributed by atoms with E-state index in [1.54, 1.807) is 6.26 Å². The molecule has 0 saturated heterocycles. The number of nitrogens with zero attached hydrogens (tertiary/aromatic N) is 1. The van der Waals surface area contributed by atoms with Crippen LogP contribution in [0.2, 0.25) is 0 Å². The van der Waals surface area contributed by atoms with Gasteiger partial charge in [0.1, 0.15) is 12.4 Å². The van der Waals surface area contributed by atoms with Crippen LogP contribution in [0.1, 0.15) is 30.8 Å². The number of aromatic nitrogens is 1. The van der Waals surface area contributed by atoms with Gasteiger partial charge in [-0.1, -0.05) is 6.07 Å². The minimum Gasteiger partial charge on any atom is -0.467 e. The van der Waals surface area contributed by atoms with Crippen LogP contribution in [0.15, 0.2) is 47.2 Å². The Hall–Kier alpha value is -1.65. The Kier molecular flexibility index (Phi) is 5.59. The van der Waals surface area contributed by atoms with E-state index in [4.69, 9.17) is 9.15 Å². The first kappa shape index (κ1) is 13.8. The van der Waals surface area contributed by atoms with E-state index in [-0.39, 0.29) is 6.04 Å². The minimum absolute atomic E-state index is 0.270. The molecule has 0 aliphatic carbocycles. The van der Waals surface area contributed by atoms with Crippen LogP contribution in [0.3, 0.4) is 0 Å². The molecule has 1 unspecified atom stereocenters. The number of furan rings is 1. The molecule has 2 aromatic rings. The quantitative estimate of drug-likeness (QED) is 0.741. The van der Waals surface area contributed by atoms with E-state index < -0.39 is 0 Å². The van der Waals surface area contributed by atoms with Gasteiger partial charge in [0.15, 0.2) is 0 Å². The second-order valence-corrected chi connectivity index (χ2v) is 4.42. The number of pyridine rings is 1. The van der Waals surface area contributed by atoms with Crippen molar-refractivity contribution < 1.29 is 9.15 Å². The van der Waals surface area contributed by atoms with Crippen molar-refractivity contribution in [2.24, 2.45) is 0 Å². The van der Waals surface area contributed by atoms with Gasteiger partial charge in [-0.15, -0.1) is 0 Å². The summed E-state index contributed by atoms with van der Waals surface area (Å²) in [5.74, 6) is 0.870. The molecule has 0 amide bonds. The summed E-state index contributed by atoms with van der Waals surface area (Å²) in [6, 6.07) is 10.0. The molecule has 0 aliphatic rings. The van der Waals surface area contributed by atoms with Crippen LogP contribution < -0.4 is 5.32 Å². The maximum absolute atomic E-state index is 5.52. The Morgan fingerprint density at radius 2 is 2.26 bits per heavy atom. The molecule has 102 valence electrons. The highest BCUT2D eigenvalue weighted by Crippen LogP contribution is 2.07. The Morgan fingerprint density at radius 3 is 3.00 bits per heavy atom. The normalized spacial score (nSPS) is 12.5. The lowest BCUT2D eigenvalue weighted by Gasteiger charge is -2.12. The van der Waals surface area contributed by atoms with Crippen LogP contribution >= 0.6 is 0 Å². The Labute approximate surface area is 113 Å². The standard InChI is InChI=1S/C15H20N2O2/c1-13(15-7-2-3-8-17-15)16-9-5-10-18-12-14-6-4-11-19-14/h2-4,6-8,11,13,16H,5,9-10,12H2,1H3. The van der Waals surface area contributed by atoms with Gasteiger partial charge in [0.25, 0.3) is 0 Å². The molecule has 1 atom stereocenters. The number of ether oxygens (including phenoxy) is 1. The van der Waals surface area contributed by atoms with Crippen molar-refractivity contribution in [2.45, 2.75) is 26.0 Å². The van der Waals surface area contributed by atoms with Crippen molar-refractivity contribution in [3.63, 3.8) is 0 Å². The summed E-state index contributed by atoms with van der Waals surface area (Å²) in [5.41, 5.74) is 1.07. The van der Waals surface area contributed by atoms with Crippen LogP contribution in [0.5, 0.6) is 0 Å². The molecule has 2 rings (SSSR count). The van der Waals surface area contributed by atoms with Crippen LogP contribution in [0, 0.1) is 0 Å². The largest absolute Gasteiger partial charge is 0.467 e. The van der Waals surface area contributed by atoms with Gasteiger partial charge in [-0.05, 0) is 44.2 Å². The van der Waals surface area contributed by atoms with Gasteiger partial charge in [-0.25, -0.2) is 0 Å². The number of nitrogens with one attached hydrogen (secondary N) is 1. The maximum Gasteiger partial charge on any atom is 0.129 e. The predicted molar refractivity (Wildman–Crippen MR) is 73.6 cm³/mol. The SMILES string of the molecule is CC(NCCCOCc1ccco1)c1ccccn1. The first-order valence-corrected chi connectivity index (χ1v) is 6.60. The third-order valence-electron chi connectivity index (χ3n) is 2.87. The van der Waals surface area contributed by atoms with Crippen molar-refractivity contribution in [3.8, 4) is 0 Å². The molecule has 0 bridgehead atoms. The van der Waals surface area contributed by atoms with E-state index in [0.29, 0.717) is 6.61 Å². The smallest absolute Gasteiger partial charge is 0.129 e. The minimum atomic E-state index is 0.270. The zero-order chi connectivity index (χ0) is 13.3. The van der Waals surface area contributed by atoms with E-state index in [1.165, 1.54) is 0 Å². The van der Waals surface area contributed by atoms with Gasteiger partial charge in [0.2, 0.25) is 0 Å². The third-order valence-corrected chi connectivity index (χ3v) is 2.87. The van der Waals surface area contributed by atoms with E-state index >= 15 is 0 Å². The van der Waals surface area contributed by atoms with Gasteiger partial charge < -0.3 is 14.5 Å². The fourth-order valence-electron chi connectivity index (χ4n) is 1.80. The van der Waals surface area contributed by atoms with Gasteiger partial charge in [-0.2, -0.15) is 0 Å². The Bertz CT molecular complexity index is 442. The summed E-state index contributed by atoms with van der Waals surface area (Å²) < 4.78 is 10.7. The van der Waals surface area contributed by atoms with Crippen molar-refractivity contribution in [1.82, 2.24) is 10.3 Å². The Morgan fingerprint density at radius 1 is 1.32 bits per heavy atom. The lowest BCUT2D eigenvalue weighted by molar-refractivity contribution is 0.103. The summed E-state index contributed by atoms with van der Waals surface area (Å²) in [4.78, 5) is 4.32. The molecule has 0 aliphatic heterocycles. The van der Waals surface area contributed by atoms with Gasteiger partial charge in [-0.3, -0.25) is 4.98 Å². The molecule has 0 spiro atoms. The van der Waals surface area contributed by atoms with E-state index in [9.17, 15) is 0 Å². The molecule has 0 radical (unpaired) electrons. The Balaban J connectivity index is 1.54. The summed E-state index contributed by atoms with van der Waals surface area (Å²) >= 11 is 0. The fourth-order valence-corrected chi connectivity index (χ4v) is 1.80. The predicted octanol–water partition coefficient (Wildman–Crippen LogP) is 2.93. The molecule has 2 heterocycles. The summed E-state index contributed by atoms with van der Waals surface area (Å²) in [6.45, 7) is 4.30. The average Bonchev–Trinajstić information content (AvgIpc) is 2.96. The van der Waals surface area contributed by atoms with Gasteiger partial charge in [0.05, 0.1) is 12.0 Å². The van der Waals surface area contributed by atoms with E-state index in [2.05, 4.69) is 17.2 Å². The molecule has 19 heavy (non-hydrogen) atoms. The molecular formula is C15H20N2O2. The zero-order valence-electron chi connectivity index (χ0n) is 11.2. The van der Waals surface area contributed by atoms with Crippen LogP contribution in [-0.4, -0.2) is 18.1 Å². The summed E-state index contributed by atoms with van der Waals surface area (Å²) in [5, 5.41) is 3.43. The molecule has 1 N–H and O–H groups in total. The highest BCUT2D eigenvalue weighted by atomic mass is 16.5. The number of rotatable bonds is 8. The van der Waals surface area contributed by atoms with E-state index in [1.807, 2.05) is 36.5 Å². The van der Waals surface area contributed by atoms with E-state index in [0.717, 1.165) is 31.0 Å². The van der Waals surface area contributed by atoms with Crippen LogP contribution in [0.4, 0.5) is 0 Å². The molecule has 2 aromatic heterocycles. The lowest BCUT2D eigenvalue weighted by Crippen LogP contribution is -2.21. The highest BCUT2D eigenvalue weighted by molar-refractivity contribution is 5.07. The molecule has 0 fully saturated rings. The average molecular weight is 260 g/mol. The van der Waals surface area contributed by atoms with Crippen molar-refractivity contribution in [1.29, 1.82) is 0 Å². The lowest BCUT2D eigenvalue weighted by atomic mass is 10.2. The molecule has 4 nitrogen and oxygen atoms in total. The highest BCUT2D eigenvalue weighted by Gasteiger charge is 2.04. The van der Waals surface area contributed by atoms with Crippen molar-refractivity contribution in [2.75, 3.05) is 13.2 Å². The summed E-state index contributed by atoms with van der Waals surface area (Å²) in [6.07, 6.45) is 4.45. The molecule has 0 aromatic carbocycles. The second-order valence-electron chi connectivity index (χ2n) is 4.42. The van der Waals surface area contributed by atoms with Crippen molar-refractivity contribution >= 4 is 0 Å². The number of hydrogen-bond acceptors (Lipinski definition) is 4. The maximum atomic E-state index is 5.52. The first-order valence-electron chi connectivity index (χ1n) is 6.60. The monoisotopic (exact) mass is 260 g/mol. The first-order chi connectivity index (χ1) is 9.36. The van der Waals surface area contributed by atoms with Gasteiger partial charge in [0, 0.05) is 18.8 Å². The molecule has 4 heteroatoms. The summed E-state index contributed by atoms with van der Waals surface area (Å²) in [7, 11) is 0. The zero-order valence-corrected chi connectivity index (χ0v) is 11.2. The van der Waals surface area contributed by atoms with Crippen LogP contribution in [0.25, 0.3) is 0 Å². The molecule has 0 saturated carbocycles. The third kappa shape index (κ3) is 4.85. The number of hydrogen-bond donors (Lipinski definition) is 1. The van der Waals surface area contributed by atoms with Crippen molar-refractivity contribution in [3.05, 3.63) is 54.2 Å². The second kappa shape index (κ2) is 7.71.